The first-order chi connectivity index (χ1) is 11.1. The number of ether oxygens (including phenoxy) is 2. The average molecular weight is 320 g/mol. The molecule has 1 aromatic carbocycles. The van der Waals surface area contributed by atoms with Crippen LogP contribution in [-0.4, -0.2) is 49.2 Å². The Bertz CT molecular complexity index is 539. The lowest BCUT2D eigenvalue weighted by molar-refractivity contribution is -0.124. The van der Waals surface area contributed by atoms with Gasteiger partial charge in [0.1, 0.15) is 5.75 Å². The molecule has 1 heterocycles. The molecule has 1 aromatic rings. The molecule has 1 saturated heterocycles. The Kier molecular flexibility index (Phi) is 6.26. The number of rotatable bonds is 5. The van der Waals surface area contributed by atoms with Crippen LogP contribution < -0.4 is 10.1 Å². The maximum absolute atomic E-state index is 11.9. The Hall–Kier alpha value is -2.24. The Morgan fingerprint density at radius 2 is 2.04 bits per heavy atom. The number of carbonyl (C=O) groups excluding carboxylic acids is 2. The Labute approximate surface area is 136 Å². The van der Waals surface area contributed by atoms with Crippen molar-refractivity contribution in [2.24, 2.45) is 0 Å². The number of piperidine rings is 1. The molecule has 0 unspecified atom stereocenters. The summed E-state index contributed by atoms with van der Waals surface area (Å²) in [6.45, 7) is 5.35. The standard InChI is InChI=1S/C17H24N2O4/c1-3-22-17(21)19-9-7-14(8-10-19)18-16(20)12-23-15-6-4-5-13(2)11-15/h4-6,11,14H,3,7-10,12H2,1-2H3,(H,18,20). The van der Waals surface area contributed by atoms with Crippen molar-refractivity contribution in [3.63, 3.8) is 0 Å². The molecule has 6 heteroatoms. The molecule has 1 N–H and O–H groups in total. The molecule has 0 aromatic heterocycles. The minimum absolute atomic E-state index is 0.00153. The lowest BCUT2D eigenvalue weighted by Crippen LogP contribution is -2.47. The second-order valence-corrected chi connectivity index (χ2v) is 5.63. The fourth-order valence-corrected chi connectivity index (χ4v) is 2.54. The van der Waals surface area contributed by atoms with E-state index in [0.717, 1.165) is 18.4 Å². The zero-order valence-electron chi connectivity index (χ0n) is 13.7. The number of nitrogens with zero attached hydrogens (tertiary/aromatic N) is 1. The number of benzene rings is 1. The van der Waals surface area contributed by atoms with E-state index in [1.54, 1.807) is 11.8 Å². The largest absolute Gasteiger partial charge is 0.484 e. The van der Waals surface area contributed by atoms with Gasteiger partial charge in [0.15, 0.2) is 6.61 Å². The molecule has 23 heavy (non-hydrogen) atoms. The number of hydrogen-bond acceptors (Lipinski definition) is 4. The molecule has 0 atom stereocenters. The highest BCUT2D eigenvalue weighted by atomic mass is 16.6. The second kappa shape index (κ2) is 8.41. The quantitative estimate of drug-likeness (QED) is 0.902. The van der Waals surface area contributed by atoms with E-state index in [9.17, 15) is 9.59 Å². The van der Waals surface area contributed by atoms with E-state index in [-0.39, 0.29) is 24.6 Å². The van der Waals surface area contributed by atoms with Gasteiger partial charge in [0.05, 0.1) is 6.61 Å². The van der Waals surface area contributed by atoms with Gasteiger partial charge in [-0.15, -0.1) is 0 Å². The summed E-state index contributed by atoms with van der Waals surface area (Å²) in [7, 11) is 0. The fourth-order valence-electron chi connectivity index (χ4n) is 2.54. The molecule has 126 valence electrons. The van der Waals surface area contributed by atoms with E-state index in [2.05, 4.69) is 5.32 Å². The molecule has 1 aliphatic heterocycles. The van der Waals surface area contributed by atoms with E-state index in [1.807, 2.05) is 31.2 Å². The zero-order valence-corrected chi connectivity index (χ0v) is 13.7. The molecule has 1 fully saturated rings. The predicted octanol–water partition coefficient (Wildman–Crippen LogP) is 2.11. The third-order valence-electron chi connectivity index (χ3n) is 3.75. The van der Waals surface area contributed by atoms with Gasteiger partial charge in [-0.2, -0.15) is 0 Å². The van der Waals surface area contributed by atoms with Gasteiger partial charge in [0.25, 0.3) is 5.91 Å². The topological polar surface area (TPSA) is 67.9 Å². The van der Waals surface area contributed by atoms with Crippen molar-refractivity contribution < 1.29 is 19.1 Å². The van der Waals surface area contributed by atoms with Crippen LogP contribution in [0.25, 0.3) is 0 Å². The highest BCUT2D eigenvalue weighted by Crippen LogP contribution is 2.13. The summed E-state index contributed by atoms with van der Waals surface area (Å²) in [4.78, 5) is 25.2. The summed E-state index contributed by atoms with van der Waals surface area (Å²) >= 11 is 0. The second-order valence-electron chi connectivity index (χ2n) is 5.63. The van der Waals surface area contributed by atoms with Crippen LogP contribution in [0, 0.1) is 6.92 Å². The van der Waals surface area contributed by atoms with Gasteiger partial charge in [0.2, 0.25) is 0 Å². The van der Waals surface area contributed by atoms with Crippen LogP contribution in [0.5, 0.6) is 5.75 Å². The highest BCUT2D eigenvalue weighted by molar-refractivity contribution is 5.78. The van der Waals surface area contributed by atoms with Crippen molar-refractivity contribution in [3.8, 4) is 5.75 Å². The fraction of sp³-hybridized carbons (Fsp3) is 0.529. The van der Waals surface area contributed by atoms with Crippen LogP contribution in [-0.2, 0) is 9.53 Å². The number of aryl methyl sites for hydroxylation is 1. The number of carbonyl (C=O) groups is 2. The summed E-state index contributed by atoms with van der Waals surface area (Å²) in [6, 6.07) is 7.68. The SMILES string of the molecule is CCOC(=O)N1CCC(NC(=O)COc2cccc(C)c2)CC1. The monoisotopic (exact) mass is 320 g/mol. The molecule has 0 spiro atoms. The lowest BCUT2D eigenvalue weighted by Gasteiger charge is -2.31. The summed E-state index contributed by atoms with van der Waals surface area (Å²) in [5, 5.41) is 2.95. The van der Waals surface area contributed by atoms with E-state index >= 15 is 0 Å². The summed E-state index contributed by atoms with van der Waals surface area (Å²) in [6.07, 6.45) is 1.18. The molecule has 1 aliphatic rings. The minimum Gasteiger partial charge on any atom is -0.484 e. The molecule has 0 radical (unpaired) electrons. The lowest BCUT2D eigenvalue weighted by atomic mass is 10.1. The molecule has 2 amide bonds. The molecule has 0 bridgehead atoms. The van der Waals surface area contributed by atoms with E-state index < -0.39 is 0 Å². The summed E-state index contributed by atoms with van der Waals surface area (Å²) in [5.74, 6) is 0.554. The molecule has 0 saturated carbocycles. The first kappa shape index (κ1) is 17.1. The Morgan fingerprint density at radius 3 is 2.70 bits per heavy atom. The minimum atomic E-state index is -0.278. The van der Waals surface area contributed by atoms with E-state index in [0.29, 0.717) is 25.4 Å². The number of hydrogen-bond donors (Lipinski definition) is 1. The average Bonchev–Trinajstić information content (AvgIpc) is 2.54. The van der Waals surface area contributed by atoms with Crippen molar-refractivity contribution in [3.05, 3.63) is 29.8 Å². The third-order valence-corrected chi connectivity index (χ3v) is 3.75. The van der Waals surface area contributed by atoms with Gasteiger partial charge in [-0.3, -0.25) is 4.79 Å². The number of likely N-dealkylation sites (tertiary alicyclic amines) is 1. The highest BCUT2D eigenvalue weighted by Gasteiger charge is 2.24. The number of nitrogens with one attached hydrogen (secondary N) is 1. The van der Waals surface area contributed by atoms with Gasteiger partial charge >= 0.3 is 6.09 Å². The summed E-state index contributed by atoms with van der Waals surface area (Å²) in [5.41, 5.74) is 1.09. The Morgan fingerprint density at radius 1 is 1.30 bits per heavy atom. The molecule has 6 nitrogen and oxygen atoms in total. The van der Waals surface area contributed by atoms with Gasteiger partial charge in [0, 0.05) is 19.1 Å². The van der Waals surface area contributed by atoms with Crippen LogP contribution in [0.4, 0.5) is 4.79 Å². The van der Waals surface area contributed by atoms with E-state index in [4.69, 9.17) is 9.47 Å². The van der Waals surface area contributed by atoms with Crippen LogP contribution in [0.3, 0.4) is 0 Å². The van der Waals surface area contributed by atoms with Gasteiger partial charge in [-0.25, -0.2) is 4.79 Å². The molecular formula is C17H24N2O4. The van der Waals surface area contributed by atoms with E-state index in [1.165, 1.54) is 0 Å². The Balaban J connectivity index is 1.69. The first-order valence-corrected chi connectivity index (χ1v) is 7.99. The summed E-state index contributed by atoms with van der Waals surface area (Å²) < 4.78 is 10.5. The maximum Gasteiger partial charge on any atom is 0.409 e. The van der Waals surface area contributed by atoms with Crippen LogP contribution in [0.2, 0.25) is 0 Å². The number of amides is 2. The van der Waals surface area contributed by atoms with Gasteiger partial charge in [-0.1, -0.05) is 12.1 Å². The van der Waals surface area contributed by atoms with Crippen LogP contribution in [0.1, 0.15) is 25.3 Å². The predicted molar refractivity (Wildman–Crippen MR) is 86.4 cm³/mol. The van der Waals surface area contributed by atoms with Crippen LogP contribution in [0.15, 0.2) is 24.3 Å². The third kappa shape index (κ3) is 5.47. The normalized spacial score (nSPS) is 15.1. The molecular weight excluding hydrogens is 296 g/mol. The zero-order chi connectivity index (χ0) is 16.7. The van der Waals surface area contributed by atoms with Crippen LogP contribution >= 0.6 is 0 Å². The van der Waals surface area contributed by atoms with Gasteiger partial charge < -0.3 is 19.7 Å². The molecule has 2 rings (SSSR count). The molecule has 0 aliphatic carbocycles. The van der Waals surface area contributed by atoms with Crippen molar-refractivity contribution in [2.75, 3.05) is 26.3 Å². The first-order valence-electron chi connectivity index (χ1n) is 7.99. The smallest absolute Gasteiger partial charge is 0.409 e. The van der Waals surface area contributed by atoms with Crippen molar-refractivity contribution in [1.82, 2.24) is 10.2 Å². The van der Waals surface area contributed by atoms with Gasteiger partial charge in [-0.05, 0) is 44.4 Å². The van der Waals surface area contributed by atoms with Crippen molar-refractivity contribution in [1.29, 1.82) is 0 Å². The van der Waals surface area contributed by atoms with Crippen molar-refractivity contribution in [2.45, 2.75) is 32.7 Å². The maximum atomic E-state index is 11.9. The van der Waals surface area contributed by atoms with Crippen molar-refractivity contribution >= 4 is 12.0 Å².